The van der Waals surface area contributed by atoms with Gasteiger partial charge in [0.05, 0.1) is 0 Å². The lowest BCUT2D eigenvalue weighted by Gasteiger charge is -2.22. The van der Waals surface area contributed by atoms with Crippen molar-refractivity contribution in [3.05, 3.63) is 193 Å². The Hall–Kier alpha value is -6.54. The molecule has 1 aliphatic carbocycles. The van der Waals surface area contributed by atoms with Gasteiger partial charge in [0.15, 0.2) is 0 Å². The number of rotatable bonds is 3. The maximum atomic E-state index is 2.47. The van der Waals surface area contributed by atoms with E-state index < -0.39 is 0 Å². The zero-order chi connectivity index (χ0) is 37.1. The highest BCUT2D eigenvalue weighted by Gasteiger charge is 2.37. The quantitative estimate of drug-likeness (QED) is 0.159. The van der Waals surface area contributed by atoms with E-state index in [1.807, 2.05) is 11.3 Å². The van der Waals surface area contributed by atoms with Gasteiger partial charge in [-0.2, -0.15) is 0 Å². The summed E-state index contributed by atoms with van der Waals surface area (Å²) >= 11 is 1.95. The van der Waals surface area contributed by atoms with Crippen LogP contribution >= 0.6 is 11.3 Å². The molecule has 0 spiro atoms. The fraction of sp³-hybridized carbons (Fsp3) is 0.0545. The molecule has 0 saturated heterocycles. The highest BCUT2D eigenvalue weighted by molar-refractivity contribution is 7.26. The smallest absolute Gasteiger partial charge is 0.0437 e. The van der Waals surface area contributed by atoms with Gasteiger partial charge in [0.1, 0.15) is 0 Å². The zero-order valence-corrected chi connectivity index (χ0v) is 32.0. The van der Waals surface area contributed by atoms with Gasteiger partial charge in [0.2, 0.25) is 0 Å². The summed E-state index contributed by atoms with van der Waals surface area (Å²) in [6.07, 6.45) is 0. The van der Waals surface area contributed by atoms with E-state index in [4.69, 9.17) is 0 Å². The summed E-state index contributed by atoms with van der Waals surface area (Å²) in [5, 5.41) is 13.0. The molecule has 10 aromatic carbocycles. The van der Waals surface area contributed by atoms with Gasteiger partial charge in [-0.15, -0.1) is 11.3 Å². The molecule has 1 aliphatic rings. The predicted molar refractivity (Wildman–Crippen MR) is 243 cm³/mol. The standard InChI is InChI=1S/C55H36S/c1-55(2)47-28-27-46-52-40-17-6-5-13-34(40)25-29-49(52)56-54(46)53(47)45-26-24-37(32-48(45)55)36-15-11-16-38(31-36)50-41-18-7-9-20-43(41)51(44-21-10-8-19-42(44)50)39-23-22-33-12-3-4-14-35(33)30-39/h3-32H,1-2H3. The van der Waals surface area contributed by atoms with E-state index in [0.717, 1.165) is 0 Å². The van der Waals surface area contributed by atoms with Crippen molar-refractivity contribution in [2.75, 3.05) is 0 Å². The summed E-state index contributed by atoms with van der Waals surface area (Å²) in [5.41, 5.74) is 13.1. The zero-order valence-electron chi connectivity index (χ0n) is 31.2. The molecule has 1 aromatic heterocycles. The Balaban J connectivity index is 1.02. The second-order valence-corrected chi connectivity index (χ2v) is 17.0. The first-order valence-corrected chi connectivity index (χ1v) is 20.4. The molecule has 1 heterocycles. The number of hydrogen-bond donors (Lipinski definition) is 0. The van der Waals surface area contributed by atoms with E-state index >= 15 is 0 Å². The van der Waals surface area contributed by atoms with Crippen LogP contribution in [-0.4, -0.2) is 0 Å². The van der Waals surface area contributed by atoms with E-state index in [1.54, 1.807) is 0 Å². The van der Waals surface area contributed by atoms with Crippen LogP contribution in [0, 0.1) is 0 Å². The molecule has 0 atom stereocenters. The summed E-state index contributed by atoms with van der Waals surface area (Å²) in [5.74, 6) is 0. The largest absolute Gasteiger partial charge is 0.134 e. The lowest BCUT2D eigenvalue weighted by molar-refractivity contribution is 0.661. The van der Waals surface area contributed by atoms with Crippen LogP contribution in [0.1, 0.15) is 25.0 Å². The highest BCUT2D eigenvalue weighted by atomic mass is 32.1. The molecule has 11 aromatic rings. The van der Waals surface area contributed by atoms with Crippen molar-refractivity contribution in [3.8, 4) is 44.5 Å². The van der Waals surface area contributed by atoms with Crippen molar-refractivity contribution in [1.29, 1.82) is 0 Å². The third kappa shape index (κ3) is 4.47. The third-order valence-corrected chi connectivity index (χ3v) is 13.8. The van der Waals surface area contributed by atoms with Crippen molar-refractivity contribution >= 4 is 74.6 Å². The Morgan fingerprint density at radius 2 is 0.929 bits per heavy atom. The second kappa shape index (κ2) is 11.7. The molecule has 0 aliphatic heterocycles. The number of hydrogen-bond acceptors (Lipinski definition) is 1. The van der Waals surface area contributed by atoms with Gasteiger partial charge in [-0.25, -0.2) is 0 Å². The van der Waals surface area contributed by atoms with Crippen molar-refractivity contribution in [2.45, 2.75) is 19.3 Å². The minimum absolute atomic E-state index is 0.115. The van der Waals surface area contributed by atoms with Crippen LogP contribution < -0.4 is 0 Å². The minimum Gasteiger partial charge on any atom is -0.134 e. The summed E-state index contributed by atoms with van der Waals surface area (Å²) in [6, 6.07) is 68.1. The number of thiophene rings is 1. The van der Waals surface area contributed by atoms with Crippen LogP contribution in [0.4, 0.5) is 0 Å². The highest BCUT2D eigenvalue weighted by Crippen LogP contribution is 2.55. The topological polar surface area (TPSA) is 0 Å². The first-order chi connectivity index (χ1) is 27.5. The molecule has 56 heavy (non-hydrogen) atoms. The number of benzene rings is 10. The molecule has 262 valence electrons. The van der Waals surface area contributed by atoms with Gasteiger partial charge in [0, 0.05) is 31.2 Å². The van der Waals surface area contributed by atoms with Crippen LogP contribution in [0.5, 0.6) is 0 Å². The first kappa shape index (κ1) is 31.8. The molecular formula is C55H36S. The average Bonchev–Trinajstić information content (AvgIpc) is 3.74. The van der Waals surface area contributed by atoms with E-state index in [-0.39, 0.29) is 5.41 Å². The van der Waals surface area contributed by atoms with E-state index in [0.29, 0.717) is 0 Å². The Morgan fingerprint density at radius 3 is 1.66 bits per heavy atom. The lowest BCUT2D eigenvalue weighted by atomic mass is 9.81. The summed E-state index contributed by atoms with van der Waals surface area (Å²) < 4.78 is 2.76. The van der Waals surface area contributed by atoms with Gasteiger partial charge in [-0.1, -0.05) is 172 Å². The Kier molecular flexibility index (Phi) is 6.66. The Morgan fingerprint density at radius 1 is 0.357 bits per heavy atom. The molecule has 0 radical (unpaired) electrons. The monoisotopic (exact) mass is 728 g/mol. The molecule has 0 bridgehead atoms. The molecule has 0 amide bonds. The summed E-state index contributed by atoms with van der Waals surface area (Å²) in [4.78, 5) is 0. The molecular weight excluding hydrogens is 693 g/mol. The molecule has 0 saturated carbocycles. The summed E-state index contributed by atoms with van der Waals surface area (Å²) in [7, 11) is 0. The first-order valence-electron chi connectivity index (χ1n) is 19.6. The van der Waals surface area contributed by atoms with Crippen LogP contribution in [0.2, 0.25) is 0 Å². The van der Waals surface area contributed by atoms with Gasteiger partial charge in [-0.05, 0) is 117 Å². The van der Waals surface area contributed by atoms with E-state index in [9.17, 15) is 0 Å². The number of fused-ring (bicyclic) bond motifs is 12. The molecule has 12 rings (SSSR count). The van der Waals surface area contributed by atoms with Gasteiger partial charge in [0.25, 0.3) is 0 Å². The fourth-order valence-corrected chi connectivity index (χ4v) is 11.2. The van der Waals surface area contributed by atoms with Gasteiger partial charge < -0.3 is 0 Å². The average molecular weight is 729 g/mol. The fourth-order valence-electron chi connectivity index (χ4n) is 9.95. The minimum atomic E-state index is -0.115. The van der Waals surface area contributed by atoms with Gasteiger partial charge >= 0.3 is 0 Å². The van der Waals surface area contributed by atoms with Crippen molar-refractivity contribution in [1.82, 2.24) is 0 Å². The Labute approximate surface area is 329 Å². The van der Waals surface area contributed by atoms with Crippen LogP contribution in [0.3, 0.4) is 0 Å². The SMILES string of the molecule is CC1(C)c2cc(-c3cccc(-c4c5ccccc5c(-c5ccc6ccccc6c5)c5ccccc45)c3)ccc2-c2c1ccc1c2sc2ccc3ccccc3c21. The predicted octanol–water partition coefficient (Wildman–Crippen LogP) is 16.0. The third-order valence-electron chi connectivity index (χ3n) is 12.6. The van der Waals surface area contributed by atoms with Crippen molar-refractivity contribution < 1.29 is 0 Å². The molecule has 0 fully saturated rings. The van der Waals surface area contributed by atoms with Crippen LogP contribution in [-0.2, 0) is 5.41 Å². The van der Waals surface area contributed by atoms with E-state index in [1.165, 1.54) is 119 Å². The molecule has 1 heteroatoms. The normalized spacial score (nSPS) is 13.3. The summed E-state index contributed by atoms with van der Waals surface area (Å²) in [6.45, 7) is 4.81. The lowest BCUT2D eigenvalue weighted by Crippen LogP contribution is -2.14. The van der Waals surface area contributed by atoms with Crippen molar-refractivity contribution in [2.24, 2.45) is 0 Å². The molecule has 0 nitrogen and oxygen atoms in total. The maximum Gasteiger partial charge on any atom is 0.0437 e. The van der Waals surface area contributed by atoms with Crippen molar-refractivity contribution in [3.63, 3.8) is 0 Å². The van der Waals surface area contributed by atoms with Crippen LogP contribution in [0.15, 0.2) is 182 Å². The molecule has 0 N–H and O–H groups in total. The van der Waals surface area contributed by atoms with Crippen LogP contribution in [0.25, 0.3) is 108 Å². The molecule has 0 unspecified atom stereocenters. The maximum absolute atomic E-state index is 2.47. The van der Waals surface area contributed by atoms with E-state index in [2.05, 4.69) is 196 Å². The second-order valence-electron chi connectivity index (χ2n) is 16.0. The Bertz CT molecular complexity index is 3390. The van der Waals surface area contributed by atoms with Gasteiger partial charge in [-0.3, -0.25) is 0 Å².